The fourth-order valence-electron chi connectivity index (χ4n) is 2.28. The van der Waals surface area contributed by atoms with E-state index in [-0.39, 0.29) is 18.9 Å². The molecule has 0 fully saturated rings. The molecule has 146 valence electrons. The van der Waals surface area contributed by atoms with E-state index in [1.165, 1.54) is 7.11 Å². The zero-order valence-electron chi connectivity index (χ0n) is 15.2. The fourth-order valence-corrected chi connectivity index (χ4v) is 2.28. The Balaban J connectivity index is 1.97. The molecule has 0 unspecified atom stereocenters. The van der Waals surface area contributed by atoms with E-state index in [4.69, 9.17) is 18.6 Å². The van der Waals surface area contributed by atoms with Gasteiger partial charge in [-0.3, -0.25) is 10.1 Å². The van der Waals surface area contributed by atoms with Crippen LogP contribution >= 0.6 is 0 Å². The van der Waals surface area contributed by atoms with Crippen LogP contribution < -0.4 is 10.6 Å². The van der Waals surface area contributed by atoms with Crippen molar-refractivity contribution in [1.82, 2.24) is 10.6 Å². The van der Waals surface area contributed by atoms with Crippen LogP contribution in [-0.2, 0) is 25.6 Å². The average Bonchev–Trinajstić information content (AvgIpc) is 3.03. The Hall–Kier alpha value is -2.91. The van der Waals surface area contributed by atoms with Crippen LogP contribution in [0.5, 0.6) is 0 Å². The summed E-state index contributed by atoms with van der Waals surface area (Å²) in [4.78, 5) is 35.5. The second-order valence-corrected chi connectivity index (χ2v) is 5.42. The highest BCUT2D eigenvalue weighted by Crippen LogP contribution is 2.27. The summed E-state index contributed by atoms with van der Waals surface area (Å²) in [6.45, 7) is 2.41. The van der Waals surface area contributed by atoms with Crippen molar-refractivity contribution >= 4 is 28.9 Å². The topological polar surface area (TPSA) is 116 Å². The predicted molar refractivity (Wildman–Crippen MR) is 95.2 cm³/mol. The van der Waals surface area contributed by atoms with Gasteiger partial charge in [-0.15, -0.1) is 0 Å². The SMILES string of the molecule is CCOCc1c(C(=O)OCC(=O)NC(=O)NCCOC)oc2ccccc12. The summed E-state index contributed by atoms with van der Waals surface area (Å²) >= 11 is 0. The van der Waals surface area contributed by atoms with Crippen molar-refractivity contribution in [3.05, 3.63) is 35.6 Å². The molecule has 0 bridgehead atoms. The highest BCUT2D eigenvalue weighted by molar-refractivity contribution is 5.98. The summed E-state index contributed by atoms with van der Waals surface area (Å²) in [5.74, 6) is -1.60. The van der Waals surface area contributed by atoms with E-state index >= 15 is 0 Å². The average molecular weight is 378 g/mol. The number of amides is 3. The van der Waals surface area contributed by atoms with E-state index in [1.54, 1.807) is 18.2 Å². The van der Waals surface area contributed by atoms with Crippen LogP contribution in [0.1, 0.15) is 23.0 Å². The Morgan fingerprint density at radius 3 is 2.70 bits per heavy atom. The number of carbonyl (C=O) groups excluding carboxylic acids is 3. The molecule has 0 aliphatic rings. The number of benzene rings is 1. The maximum atomic E-state index is 12.3. The molecule has 2 N–H and O–H groups in total. The molecule has 0 aliphatic heterocycles. The summed E-state index contributed by atoms with van der Waals surface area (Å²) in [5.41, 5.74) is 1.07. The van der Waals surface area contributed by atoms with Gasteiger partial charge in [-0.25, -0.2) is 9.59 Å². The summed E-state index contributed by atoms with van der Waals surface area (Å²) in [7, 11) is 1.49. The normalized spacial score (nSPS) is 10.6. The quantitative estimate of drug-likeness (QED) is 0.503. The molecule has 9 nitrogen and oxygen atoms in total. The van der Waals surface area contributed by atoms with Crippen LogP contribution in [0.15, 0.2) is 28.7 Å². The molecule has 0 saturated carbocycles. The molecular formula is C18H22N2O7. The lowest BCUT2D eigenvalue weighted by Gasteiger charge is -2.07. The lowest BCUT2D eigenvalue weighted by Crippen LogP contribution is -2.42. The number of fused-ring (bicyclic) bond motifs is 1. The fraction of sp³-hybridized carbons (Fsp3) is 0.389. The second-order valence-electron chi connectivity index (χ2n) is 5.42. The van der Waals surface area contributed by atoms with Gasteiger partial charge in [0.25, 0.3) is 5.91 Å². The standard InChI is InChI=1S/C18H22N2O7/c1-3-25-10-13-12-6-4-5-7-14(12)27-16(13)17(22)26-11-15(21)20-18(23)19-8-9-24-2/h4-7H,3,8-11H2,1-2H3,(H2,19,20,21,23). The van der Waals surface area contributed by atoms with Crippen molar-refractivity contribution in [2.75, 3.05) is 33.5 Å². The molecule has 2 aromatic rings. The van der Waals surface area contributed by atoms with Gasteiger partial charge in [0.05, 0.1) is 13.2 Å². The van der Waals surface area contributed by atoms with E-state index in [0.717, 1.165) is 5.39 Å². The number of urea groups is 1. The van der Waals surface area contributed by atoms with Gasteiger partial charge < -0.3 is 23.9 Å². The molecular weight excluding hydrogens is 356 g/mol. The molecule has 0 atom stereocenters. The van der Waals surface area contributed by atoms with Crippen molar-refractivity contribution in [3.8, 4) is 0 Å². The Labute approximate surface area is 155 Å². The highest BCUT2D eigenvalue weighted by Gasteiger charge is 2.22. The van der Waals surface area contributed by atoms with E-state index in [9.17, 15) is 14.4 Å². The van der Waals surface area contributed by atoms with Crippen LogP contribution in [0, 0.1) is 0 Å². The number of methoxy groups -OCH3 is 1. The van der Waals surface area contributed by atoms with Gasteiger partial charge in [-0.05, 0) is 13.0 Å². The highest BCUT2D eigenvalue weighted by atomic mass is 16.5. The van der Waals surface area contributed by atoms with E-state index < -0.39 is 24.5 Å². The van der Waals surface area contributed by atoms with Crippen LogP contribution in [-0.4, -0.2) is 51.4 Å². The number of rotatable bonds is 9. The van der Waals surface area contributed by atoms with Gasteiger partial charge in [0, 0.05) is 31.2 Å². The number of para-hydroxylation sites is 1. The number of nitrogens with one attached hydrogen (secondary N) is 2. The van der Waals surface area contributed by atoms with Gasteiger partial charge >= 0.3 is 12.0 Å². The Morgan fingerprint density at radius 2 is 1.96 bits per heavy atom. The summed E-state index contributed by atoms with van der Waals surface area (Å²) < 4.78 is 20.7. The molecule has 1 aromatic carbocycles. The number of hydrogen-bond donors (Lipinski definition) is 2. The number of imide groups is 1. The summed E-state index contributed by atoms with van der Waals surface area (Å²) in [6.07, 6.45) is 0. The minimum atomic E-state index is -0.809. The summed E-state index contributed by atoms with van der Waals surface area (Å²) in [5, 5.41) is 5.19. The second kappa shape index (κ2) is 10.3. The molecule has 1 aromatic heterocycles. The number of ether oxygens (including phenoxy) is 3. The van der Waals surface area contributed by atoms with Crippen molar-refractivity contribution < 1.29 is 33.0 Å². The monoisotopic (exact) mass is 378 g/mol. The molecule has 0 spiro atoms. The minimum Gasteiger partial charge on any atom is -0.450 e. The van der Waals surface area contributed by atoms with E-state index in [2.05, 4.69) is 5.32 Å². The first kappa shape index (κ1) is 20.4. The third kappa shape index (κ3) is 5.80. The maximum Gasteiger partial charge on any atom is 0.375 e. The first-order valence-electron chi connectivity index (χ1n) is 8.38. The molecule has 1 heterocycles. The Morgan fingerprint density at radius 1 is 1.19 bits per heavy atom. The van der Waals surface area contributed by atoms with Crippen LogP contribution in [0.25, 0.3) is 11.0 Å². The molecule has 27 heavy (non-hydrogen) atoms. The number of furan rings is 1. The molecule has 3 amide bonds. The first-order chi connectivity index (χ1) is 13.1. The number of carbonyl (C=O) groups is 3. The van der Waals surface area contributed by atoms with Gasteiger partial charge in [0.2, 0.25) is 5.76 Å². The van der Waals surface area contributed by atoms with Crippen LogP contribution in [0.3, 0.4) is 0 Å². The van der Waals surface area contributed by atoms with Crippen LogP contribution in [0.4, 0.5) is 4.79 Å². The lowest BCUT2D eigenvalue weighted by atomic mass is 10.1. The Kier molecular flexibility index (Phi) is 7.78. The molecule has 0 saturated heterocycles. The number of esters is 1. The van der Waals surface area contributed by atoms with E-state index in [1.807, 2.05) is 18.3 Å². The van der Waals surface area contributed by atoms with Crippen molar-refractivity contribution in [3.63, 3.8) is 0 Å². The van der Waals surface area contributed by atoms with Gasteiger partial charge in [0.15, 0.2) is 6.61 Å². The van der Waals surface area contributed by atoms with Crippen molar-refractivity contribution in [1.29, 1.82) is 0 Å². The zero-order chi connectivity index (χ0) is 19.6. The van der Waals surface area contributed by atoms with Gasteiger partial charge in [-0.1, -0.05) is 18.2 Å². The van der Waals surface area contributed by atoms with Crippen molar-refractivity contribution in [2.45, 2.75) is 13.5 Å². The molecule has 9 heteroatoms. The first-order valence-corrected chi connectivity index (χ1v) is 8.38. The third-order valence-electron chi connectivity index (χ3n) is 3.51. The molecule has 0 aliphatic carbocycles. The maximum absolute atomic E-state index is 12.3. The largest absolute Gasteiger partial charge is 0.450 e. The predicted octanol–water partition coefficient (Wildman–Crippen LogP) is 1.60. The zero-order valence-corrected chi connectivity index (χ0v) is 15.2. The van der Waals surface area contributed by atoms with Gasteiger partial charge in [-0.2, -0.15) is 0 Å². The third-order valence-corrected chi connectivity index (χ3v) is 3.51. The molecule has 0 radical (unpaired) electrons. The minimum absolute atomic E-state index is 0.0259. The summed E-state index contributed by atoms with van der Waals surface area (Å²) in [6, 6.07) is 6.42. The van der Waals surface area contributed by atoms with E-state index in [0.29, 0.717) is 24.4 Å². The molecule has 2 rings (SSSR count). The van der Waals surface area contributed by atoms with Gasteiger partial charge in [0.1, 0.15) is 5.58 Å². The smallest absolute Gasteiger partial charge is 0.375 e. The number of hydrogen-bond acceptors (Lipinski definition) is 7. The lowest BCUT2D eigenvalue weighted by molar-refractivity contribution is -0.123. The Bertz CT molecular complexity index is 800. The van der Waals surface area contributed by atoms with Crippen molar-refractivity contribution in [2.24, 2.45) is 0 Å². The van der Waals surface area contributed by atoms with Crippen LogP contribution in [0.2, 0.25) is 0 Å².